The maximum absolute atomic E-state index is 4.30. The van der Waals surface area contributed by atoms with Crippen LogP contribution in [0.15, 0.2) is 30.6 Å². The number of nitrogens with one attached hydrogen (secondary N) is 3. The minimum atomic E-state index is 0.791. The van der Waals surface area contributed by atoms with Crippen molar-refractivity contribution >= 4 is 11.0 Å². The number of rotatable bonds is 3. The zero-order valence-electron chi connectivity index (χ0n) is 9.49. The lowest BCUT2D eigenvalue weighted by atomic mass is 10.1. The van der Waals surface area contributed by atoms with Gasteiger partial charge in [-0.25, -0.2) is 4.98 Å². The van der Waals surface area contributed by atoms with E-state index in [-0.39, 0.29) is 0 Å². The molecule has 3 rings (SSSR count). The average Bonchev–Trinajstić information content (AvgIpc) is 2.96. The van der Waals surface area contributed by atoms with Gasteiger partial charge in [0.25, 0.3) is 0 Å². The minimum Gasteiger partial charge on any atom is -0.345 e. The molecule has 86 valence electrons. The van der Waals surface area contributed by atoms with Crippen LogP contribution in [0, 0.1) is 0 Å². The van der Waals surface area contributed by atoms with E-state index in [0.29, 0.717) is 0 Å². The van der Waals surface area contributed by atoms with Crippen LogP contribution >= 0.6 is 0 Å². The molecule has 2 aromatic heterocycles. The SMILES string of the molecule is CNCc1cc(-c2ccc3nc[nH]c3c2)n[nH]1. The zero-order valence-corrected chi connectivity index (χ0v) is 9.49. The molecular formula is C12H13N5. The second kappa shape index (κ2) is 4.03. The van der Waals surface area contributed by atoms with E-state index in [1.165, 1.54) is 0 Å². The van der Waals surface area contributed by atoms with E-state index in [1.807, 2.05) is 25.2 Å². The maximum Gasteiger partial charge on any atom is 0.0931 e. The molecule has 0 unspecified atom stereocenters. The summed E-state index contributed by atoms with van der Waals surface area (Å²) < 4.78 is 0. The summed E-state index contributed by atoms with van der Waals surface area (Å²) in [5.41, 5.74) is 5.11. The van der Waals surface area contributed by atoms with Crippen LogP contribution in [0.4, 0.5) is 0 Å². The fourth-order valence-corrected chi connectivity index (χ4v) is 1.89. The first kappa shape index (κ1) is 10.0. The second-order valence-electron chi connectivity index (χ2n) is 3.94. The lowest BCUT2D eigenvalue weighted by Crippen LogP contribution is -2.04. The van der Waals surface area contributed by atoms with Gasteiger partial charge in [-0.2, -0.15) is 5.10 Å². The van der Waals surface area contributed by atoms with Crippen LogP contribution in [0.5, 0.6) is 0 Å². The van der Waals surface area contributed by atoms with Crippen molar-refractivity contribution in [1.82, 2.24) is 25.5 Å². The highest BCUT2D eigenvalue weighted by Crippen LogP contribution is 2.21. The van der Waals surface area contributed by atoms with Gasteiger partial charge in [-0.1, -0.05) is 6.07 Å². The Bertz CT molecular complexity index is 637. The molecule has 0 saturated carbocycles. The van der Waals surface area contributed by atoms with E-state index in [1.54, 1.807) is 6.33 Å². The number of fused-ring (bicyclic) bond motifs is 1. The first-order chi connectivity index (χ1) is 8.36. The number of H-pyrrole nitrogens is 2. The zero-order chi connectivity index (χ0) is 11.7. The van der Waals surface area contributed by atoms with Gasteiger partial charge in [0, 0.05) is 17.8 Å². The summed E-state index contributed by atoms with van der Waals surface area (Å²) in [6.07, 6.45) is 1.70. The summed E-state index contributed by atoms with van der Waals surface area (Å²) in [4.78, 5) is 7.29. The predicted molar refractivity (Wildman–Crippen MR) is 66.4 cm³/mol. The summed E-state index contributed by atoms with van der Waals surface area (Å²) in [5.74, 6) is 0. The lowest BCUT2D eigenvalue weighted by molar-refractivity contribution is 0.784. The molecule has 0 aliphatic carbocycles. The molecule has 0 saturated heterocycles. The third-order valence-corrected chi connectivity index (χ3v) is 2.71. The number of hydrogen-bond donors (Lipinski definition) is 3. The van der Waals surface area contributed by atoms with E-state index >= 15 is 0 Å². The van der Waals surface area contributed by atoms with Gasteiger partial charge in [0.05, 0.1) is 23.1 Å². The molecule has 0 aliphatic heterocycles. The number of aromatic amines is 2. The van der Waals surface area contributed by atoms with E-state index in [2.05, 4.69) is 31.5 Å². The molecule has 17 heavy (non-hydrogen) atoms. The van der Waals surface area contributed by atoms with E-state index in [4.69, 9.17) is 0 Å². The summed E-state index contributed by atoms with van der Waals surface area (Å²) in [6.45, 7) is 0.791. The predicted octanol–water partition coefficient (Wildman–Crippen LogP) is 1.67. The first-order valence-electron chi connectivity index (χ1n) is 5.49. The van der Waals surface area contributed by atoms with Gasteiger partial charge in [0.1, 0.15) is 0 Å². The summed E-state index contributed by atoms with van der Waals surface area (Å²) in [7, 11) is 1.91. The minimum absolute atomic E-state index is 0.791. The Kier molecular flexibility index (Phi) is 2.38. The van der Waals surface area contributed by atoms with Crippen LogP contribution in [-0.2, 0) is 6.54 Å². The maximum atomic E-state index is 4.30. The van der Waals surface area contributed by atoms with Gasteiger partial charge < -0.3 is 10.3 Å². The number of hydrogen-bond acceptors (Lipinski definition) is 3. The lowest BCUT2D eigenvalue weighted by Gasteiger charge is -1.95. The molecule has 0 bridgehead atoms. The van der Waals surface area contributed by atoms with Gasteiger partial charge in [0.15, 0.2) is 0 Å². The Morgan fingerprint density at radius 3 is 3.12 bits per heavy atom. The third-order valence-electron chi connectivity index (χ3n) is 2.71. The van der Waals surface area contributed by atoms with Crippen molar-refractivity contribution in [3.05, 3.63) is 36.3 Å². The first-order valence-corrected chi connectivity index (χ1v) is 5.49. The molecule has 0 amide bonds. The van der Waals surface area contributed by atoms with Crippen LogP contribution in [-0.4, -0.2) is 27.2 Å². The molecule has 0 aliphatic rings. The Hall–Kier alpha value is -2.14. The Balaban J connectivity index is 2.00. The molecule has 3 N–H and O–H groups in total. The molecule has 3 aromatic rings. The van der Waals surface area contributed by atoms with Crippen molar-refractivity contribution < 1.29 is 0 Å². The van der Waals surface area contributed by atoms with Crippen molar-refractivity contribution in [1.29, 1.82) is 0 Å². The van der Waals surface area contributed by atoms with Gasteiger partial charge in [-0.05, 0) is 25.2 Å². The molecule has 1 aromatic carbocycles. The Morgan fingerprint density at radius 2 is 2.24 bits per heavy atom. The van der Waals surface area contributed by atoms with E-state index in [0.717, 1.165) is 34.5 Å². The van der Waals surface area contributed by atoms with Crippen molar-refractivity contribution in [2.24, 2.45) is 0 Å². The molecule has 0 spiro atoms. The van der Waals surface area contributed by atoms with Gasteiger partial charge in [-0.15, -0.1) is 0 Å². The topological polar surface area (TPSA) is 69.4 Å². The van der Waals surface area contributed by atoms with Gasteiger partial charge >= 0.3 is 0 Å². The number of benzene rings is 1. The standard InChI is InChI=1S/C12H13N5/c1-13-6-9-5-11(17-16-9)8-2-3-10-12(4-8)15-7-14-10/h2-5,7,13H,6H2,1H3,(H,14,15)(H,16,17). The summed E-state index contributed by atoms with van der Waals surface area (Å²) in [6, 6.07) is 8.13. The largest absolute Gasteiger partial charge is 0.345 e. The molecule has 0 atom stereocenters. The smallest absolute Gasteiger partial charge is 0.0931 e. The van der Waals surface area contributed by atoms with Crippen molar-refractivity contribution in [3.8, 4) is 11.3 Å². The van der Waals surface area contributed by atoms with Gasteiger partial charge in [-0.3, -0.25) is 5.10 Å². The van der Waals surface area contributed by atoms with Crippen molar-refractivity contribution in [3.63, 3.8) is 0 Å². The number of aromatic nitrogens is 4. The third kappa shape index (κ3) is 1.81. The molecule has 5 heteroatoms. The Morgan fingerprint density at radius 1 is 1.29 bits per heavy atom. The molecule has 5 nitrogen and oxygen atoms in total. The molecule has 0 fully saturated rings. The van der Waals surface area contributed by atoms with E-state index in [9.17, 15) is 0 Å². The highest BCUT2D eigenvalue weighted by atomic mass is 15.1. The number of imidazole rings is 1. The van der Waals surface area contributed by atoms with E-state index < -0.39 is 0 Å². The number of nitrogens with zero attached hydrogens (tertiary/aromatic N) is 2. The normalized spacial score (nSPS) is 11.1. The second-order valence-corrected chi connectivity index (χ2v) is 3.94. The quantitative estimate of drug-likeness (QED) is 0.637. The fourth-order valence-electron chi connectivity index (χ4n) is 1.89. The highest BCUT2D eigenvalue weighted by Gasteiger charge is 2.05. The molecule has 2 heterocycles. The summed E-state index contributed by atoms with van der Waals surface area (Å²) in [5, 5.41) is 10.4. The van der Waals surface area contributed by atoms with Crippen LogP contribution < -0.4 is 5.32 Å². The van der Waals surface area contributed by atoms with Gasteiger partial charge in [0.2, 0.25) is 0 Å². The van der Waals surface area contributed by atoms with Crippen LogP contribution in [0.3, 0.4) is 0 Å². The monoisotopic (exact) mass is 227 g/mol. The summed E-state index contributed by atoms with van der Waals surface area (Å²) >= 11 is 0. The fraction of sp³-hybridized carbons (Fsp3) is 0.167. The van der Waals surface area contributed by atoms with Crippen molar-refractivity contribution in [2.75, 3.05) is 7.05 Å². The van der Waals surface area contributed by atoms with Crippen LogP contribution in [0.2, 0.25) is 0 Å². The molecule has 0 radical (unpaired) electrons. The Labute approximate surface area is 98.3 Å². The van der Waals surface area contributed by atoms with Crippen LogP contribution in [0.1, 0.15) is 5.69 Å². The average molecular weight is 227 g/mol. The highest BCUT2D eigenvalue weighted by molar-refractivity contribution is 5.80. The molecular weight excluding hydrogens is 214 g/mol. The van der Waals surface area contributed by atoms with Crippen LogP contribution in [0.25, 0.3) is 22.3 Å². The van der Waals surface area contributed by atoms with Crippen molar-refractivity contribution in [2.45, 2.75) is 6.54 Å².